The molecular weight excluding hydrogens is 527 g/mol. The van der Waals surface area contributed by atoms with Crippen molar-refractivity contribution >= 4 is 51.8 Å². The average Bonchev–Trinajstić information content (AvgIpc) is 3.00. The smallest absolute Gasteiger partial charge is 0.197 e. The quantitative estimate of drug-likeness (QED) is 0.205. The Morgan fingerprint density at radius 2 is 1.58 bits per heavy atom. The van der Waals surface area contributed by atoms with Gasteiger partial charge in [0.25, 0.3) is 0 Å². The molecule has 0 spiro atoms. The highest BCUT2D eigenvalue weighted by Gasteiger charge is 2.32. The van der Waals surface area contributed by atoms with Gasteiger partial charge in [0, 0.05) is 16.1 Å². The first-order chi connectivity index (χ1) is 15.0. The molecule has 31 heavy (non-hydrogen) atoms. The van der Waals surface area contributed by atoms with Crippen LogP contribution in [-0.2, 0) is 6.61 Å². The molecule has 156 valence electrons. The summed E-state index contributed by atoms with van der Waals surface area (Å²) in [6, 6.07) is 18.0. The van der Waals surface area contributed by atoms with Crippen molar-refractivity contribution in [3.63, 3.8) is 0 Å². The monoisotopic (exact) mass is 544 g/mol. The number of hydrogen-bond acceptors (Lipinski definition) is 4. The number of ether oxygens (including phenoxy) is 2. The molecule has 0 saturated carbocycles. The molecule has 0 saturated heterocycles. The van der Waals surface area contributed by atoms with Crippen LogP contribution < -0.4 is 9.47 Å². The molecule has 3 aromatic carbocycles. The van der Waals surface area contributed by atoms with Crippen molar-refractivity contribution in [3.05, 3.63) is 97.1 Å². The fourth-order valence-corrected chi connectivity index (χ4v) is 4.29. The lowest BCUT2D eigenvalue weighted by atomic mass is 10.1. The van der Waals surface area contributed by atoms with Gasteiger partial charge >= 0.3 is 0 Å². The van der Waals surface area contributed by atoms with E-state index in [0.29, 0.717) is 46.4 Å². The number of ketones is 2. The summed E-state index contributed by atoms with van der Waals surface area (Å²) in [5, 5.41) is 0.670. The van der Waals surface area contributed by atoms with Crippen molar-refractivity contribution in [1.82, 2.24) is 0 Å². The van der Waals surface area contributed by atoms with Crippen molar-refractivity contribution in [2.45, 2.75) is 13.5 Å². The van der Waals surface area contributed by atoms with Crippen LogP contribution in [0.25, 0.3) is 6.08 Å². The first-order valence-electron chi connectivity index (χ1n) is 9.71. The van der Waals surface area contributed by atoms with Gasteiger partial charge in [-0.15, -0.1) is 0 Å². The Labute approximate surface area is 199 Å². The first kappa shape index (κ1) is 21.6. The summed E-state index contributed by atoms with van der Waals surface area (Å²) in [4.78, 5) is 25.4. The Kier molecular flexibility index (Phi) is 6.43. The largest absolute Gasteiger partial charge is 0.490 e. The molecule has 0 unspecified atom stereocenters. The van der Waals surface area contributed by atoms with Gasteiger partial charge in [-0.25, -0.2) is 0 Å². The predicted octanol–water partition coefficient (Wildman–Crippen LogP) is 6.38. The second-order valence-corrected chi connectivity index (χ2v) is 8.54. The molecule has 0 aromatic heterocycles. The molecule has 6 heteroatoms. The van der Waals surface area contributed by atoms with E-state index < -0.39 is 0 Å². The molecule has 0 fully saturated rings. The third-order valence-electron chi connectivity index (χ3n) is 4.84. The molecule has 4 nitrogen and oxygen atoms in total. The maximum Gasteiger partial charge on any atom is 0.197 e. The first-order valence-corrected chi connectivity index (χ1v) is 11.2. The number of rotatable bonds is 6. The van der Waals surface area contributed by atoms with Gasteiger partial charge in [0.05, 0.1) is 15.8 Å². The normalized spacial score (nSPS) is 12.7. The minimum atomic E-state index is -0.253. The molecule has 3 aromatic rings. The van der Waals surface area contributed by atoms with Gasteiger partial charge in [-0.3, -0.25) is 9.59 Å². The van der Waals surface area contributed by atoms with Crippen molar-refractivity contribution in [3.8, 4) is 11.5 Å². The summed E-state index contributed by atoms with van der Waals surface area (Å²) >= 11 is 8.11. The van der Waals surface area contributed by atoms with Gasteiger partial charge in [0.1, 0.15) is 6.61 Å². The van der Waals surface area contributed by atoms with Crippen LogP contribution in [-0.4, -0.2) is 18.2 Å². The van der Waals surface area contributed by atoms with Crippen LogP contribution in [0.15, 0.2) is 66.2 Å². The fourth-order valence-electron chi connectivity index (χ4n) is 3.38. The molecule has 0 atom stereocenters. The number of benzene rings is 3. The molecular formula is C25H18ClIO4. The Balaban J connectivity index is 1.64. The number of Topliss-reactive ketones (excluding diaryl/α,β-unsaturated/α-hetero) is 2. The van der Waals surface area contributed by atoms with E-state index in [-0.39, 0.29) is 17.1 Å². The lowest BCUT2D eigenvalue weighted by molar-refractivity contribution is 0.0990. The molecule has 0 N–H and O–H groups in total. The molecule has 0 heterocycles. The standard InChI is InChI=1S/C25H18ClIO4/c1-2-30-22-13-16(11-20-23(28)18-5-3-4-6-19(18)24(20)29)12-21(27)25(22)31-14-15-7-9-17(26)10-8-15/h3-13H,2,14H2,1H3. The van der Waals surface area contributed by atoms with Crippen LogP contribution in [0.4, 0.5) is 0 Å². The van der Waals surface area contributed by atoms with E-state index in [2.05, 4.69) is 22.6 Å². The number of carbonyl (C=O) groups is 2. The molecule has 0 radical (unpaired) electrons. The third-order valence-corrected chi connectivity index (χ3v) is 5.90. The van der Waals surface area contributed by atoms with Crippen molar-refractivity contribution < 1.29 is 19.1 Å². The molecule has 1 aliphatic carbocycles. The molecule has 0 amide bonds. The van der Waals surface area contributed by atoms with Crippen LogP contribution in [0.3, 0.4) is 0 Å². The number of allylic oxidation sites excluding steroid dienone is 1. The number of fused-ring (bicyclic) bond motifs is 1. The van der Waals surface area contributed by atoms with Crippen molar-refractivity contribution in [1.29, 1.82) is 0 Å². The molecule has 1 aliphatic rings. The van der Waals surface area contributed by atoms with E-state index in [1.807, 2.05) is 37.3 Å². The van der Waals surface area contributed by atoms with E-state index in [4.69, 9.17) is 21.1 Å². The van der Waals surface area contributed by atoms with E-state index in [9.17, 15) is 9.59 Å². The number of hydrogen-bond donors (Lipinski definition) is 0. The van der Waals surface area contributed by atoms with Gasteiger partial charge in [-0.05, 0) is 71.0 Å². The SMILES string of the molecule is CCOc1cc(C=C2C(=O)c3ccccc3C2=O)cc(I)c1OCc1ccc(Cl)cc1. The van der Waals surface area contributed by atoms with Crippen LogP contribution >= 0.6 is 34.2 Å². The van der Waals surface area contributed by atoms with Crippen molar-refractivity contribution in [2.24, 2.45) is 0 Å². The van der Waals surface area contributed by atoms with E-state index >= 15 is 0 Å². The topological polar surface area (TPSA) is 52.6 Å². The predicted molar refractivity (Wildman–Crippen MR) is 129 cm³/mol. The Morgan fingerprint density at radius 3 is 2.19 bits per heavy atom. The summed E-state index contributed by atoms with van der Waals surface area (Å²) in [6.45, 7) is 2.71. The zero-order valence-corrected chi connectivity index (χ0v) is 19.6. The van der Waals surface area contributed by atoms with Crippen LogP contribution in [0.2, 0.25) is 5.02 Å². The maximum absolute atomic E-state index is 12.7. The van der Waals surface area contributed by atoms with E-state index in [0.717, 1.165) is 9.13 Å². The number of carbonyl (C=O) groups excluding carboxylic acids is 2. The second kappa shape index (κ2) is 9.24. The third kappa shape index (κ3) is 4.52. The summed E-state index contributed by atoms with van der Waals surface area (Å²) in [6.07, 6.45) is 1.62. The summed E-state index contributed by atoms with van der Waals surface area (Å²) in [7, 11) is 0. The second-order valence-electron chi connectivity index (χ2n) is 6.94. The van der Waals surface area contributed by atoms with Crippen LogP contribution in [0.1, 0.15) is 38.8 Å². The van der Waals surface area contributed by atoms with Gasteiger partial charge in [0.2, 0.25) is 0 Å². The zero-order chi connectivity index (χ0) is 22.0. The Morgan fingerprint density at radius 1 is 0.935 bits per heavy atom. The zero-order valence-electron chi connectivity index (χ0n) is 16.7. The van der Waals surface area contributed by atoms with E-state index in [1.165, 1.54) is 0 Å². The number of halogens is 2. The summed E-state index contributed by atoms with van der Waals surface area (Å²) in [5.41, 5.74) is 2.74. The van der Waals surface area contributed by atoms with Crippen molar-refractivity contribution in [2.75, 3.05) is 6.61 Å². The fraction of sp³-hybridized carbons (Fsp3) is 0.120. The summed E-state index contributed by atoms with van der Waals surface area (Å²) < 4.78 is 12.6. The van der Waals surface area contributed by atoms with Gasteiger partial charge in [-0.1, -0.05) is 48.0 Å². The lowest BCUT2D eigenvalue weighted by Crippen LogP contribution is -2.03. The molecule has 0 bridgehead atoms. The van der Waals surface area contributed by atoms with Gasteiger partial charge in [-0.2, -0.15) is 0 Å². The van der Waals surface area contributed by atoms with Crippen LogP contribution in [0, 0.1) is 3.57 Å². The highest BCUT2D eigenvalue weighted by atomic mass is 127. The van der Waals surface area contributed by atoms with Crippen LogP contribution in [0.5, 0.6) is 11.5 Å². The van der Waals surface area contributed by atoms with Gasteiger partial charge < -0.3 is 9.47 Å². The highest BCUT2D eigenvalue weighted by Crippen LogP contribution is 2.36. The Bertz CT molecular complexity index is 1160. The minimum Gasteiger partial charge on any atom is -0.490 e. The van der Waals surface area contributed by atoms with E-state index in [1.54, 1.807) is 36.4 Å². The highest BCUT2D eigenvalue weighted by molar-refractivity contribution is 14.1. The Hall–Kier alpha value is -2.64. The summed E-state index contributed by atoms with van der Waals surface area (Å²) in [5.74, 6) is 0.672. The molecule has 0 aliphatic heterocycles. The molecule has 4 rings (SSSR count). The minimum absolute atomic E-state index is 0.161. The van der Waals surface area contributed by atoms with Gasteiger partial charge in [0.15, 0.2) is 23.1 Å². The maximum atomic E-state index is 12.7. The lowest BCUT2D eigenvalue weighted by Gasteiger charge is -2.15. The average molecular weight is 545 g/mol.